The van der Waals surface area contributed by atoms with Crippen molar-refractivity contribution in [1.82, 2.24) is 5.32 Å². The van der Waals surface area contributed by atoms with E-state index in [1.165, 1.54) is 5.56 Å². The van der Waals surface area contributed by atoms with Crippen molar-refractivity contribution < 1.29 is 9.53 Å². The molecule has 1 N–H and O–H groups in total. The van der Waals surface area contributed by atoms with Gasteiger partial charge in [0.1, 0.15) is 5.75 Å². The zero-order valence-electron chi connectivity index (χ0n) is 15.9. The summed E-state index contributed by atoms with van der Waals surface area (Å²) in [6, 6.07) is 17.8. The van der Waals surface area contributed by atoms with Crippen LogP contribution in [0.15, 0.2) is 54.6 Å². The number of nitrogens with one attached hydrogen (secondary N) is 1. The maximum Gasteiger partial charge on any atom is 0.261 e. The predicted molar refractivity (Wildman–Crippen MR) is 103 cm³/mol. The highest BCUT2D eigenvalue weighted by Gasteiger charge is 2.21. The Kier molecular flexibility index (Phi) is 6.24. The summed E-state index contributed by atoms with van der Waals surface area (Å²) in [5.74, 6) is 0.630. The molecule has 0 aromatic heterocycles. The second-order valence-electron chi connectivity index (χ2n) is 7.43. The molecule has 0 aliphatic heterocycles. The summed E-state index contributed by atoms with van der Waals surface area (Å²) in [5.41, 5.74) is 2.51. The van der Waals surface area contributed by atoms with Crippen molar-refractivity contribution in [3.05, 3.63) is 65.7 Å². The zero-order chi connectivity index (χ0) is 18.4. The average molecular weight is 339 g/mol. The van der Waals surface area contributed by atoms with Crippen LogP contribution in [0.2, 0.25) is 0 Å². The van der Waals surface area contributed by atoms with Crippen LogP contribution < -0.4 is 10.1 Å². The summed E-state index contributed by atoms with van der Waals surface area (Å²) >= 11 is 0. The second-order valence-corrected chi connectivity index (χ2v) is 7.43. The molecule has 0 saturated carbocycles. The molecule has 0 heterocycles. The van der Waals surface area contributed by atoms with Crippen LogP contribution >= 0.6 is 0 Å². The summed E-state index contributed by atoms with van der Waals surface area (Å²) in [5, 5.41) is 3.06. The van der Waals surface area contributed by atoms with Crippen molar-refractivity contribution in [2.24, 2.45) is 0 Å². The van der Waals surface area contributed by atoms with E-state index in [2.05, 4.69) is 50.4 Å². The molecular weight excluding hydrogens is 310 g/mol. The molecule has 3 nitrogen and oxygen atoms in total. The number of para-hydroxylation sites is 1. The van der Waals surface area contributed by atoms with E-state index in [1.54, 1.807) is 0 Å². The molecule has 0 aliphatic carbocycles. The lowest BCUT2D eigenvalue weighted by molar-refractivity contribution is -0.128. The largest absolute Gasteiger partial charge is 0.481 e. The van der Waals surface area contributed by atoms with Gasteiger partial charge in [-0.2, -0.15) is 0 Å². The summed E-state index contributed by atoms with van der Waals surface area (Å²) in [4.78, 5) is 12.6. The van der Waals surface area contributed by atoms with Gasteiger partial charge in [0, 0.05) is 0 Å². The number of rotatable bonds is 6. The topological polar surface area (TPSA) is 38.3 Å². The van der Waals surface area contributed by atoms with Crippen LogP contribution in [0.25, 0.3) is 0 Å². The summed E-state index contributed by atoms with van der Waals surface area (Å²) in [7, 11) is 0. The van der Waals surface area contributed by atoms with E-state index in [0.717, 1.165) is 5.56 Å². The van der Waals surface area contributed by atoms with Crippen LogP contribution in [0.5, 0.6) is 5.75 Å². The second kappa shape index (κ2) is 8.19. The smallest absolute Gasteiger partial charge is 0.261 e. The first kappa shape index (κ1) is 19.0. The third kappa shape index (κ3) is 5.35. The number of benzene rings is 2. The maximum absolute atomic E-state index is 12.6. The van der Waals surface area contributed by atoms with Gasteiger partial charge in [0.2, 0.25) is 0 Å². The molecular formula is C22H29NO2. The van der Waals surface area contributed by atoms with E-state index in [-0.39, 0.29) is 17.4 Å². The van der Waals surface area contributed by atoms with Crippen molar-refractivity contribution in [1.29, 1.82) is 0 Å². The van der Waals surface area contributed by atoms with Gasteiger partial charge in [-0.25, -0.2) is 0 Å². The Morgan fingerprint density at radius 2 is 1.64 bits per heavy atom. The van der Waals surface area contributed by atoms with Crippen molar-refractivity contribution in [3.63, 3.8) is 0 Å². The lowest BCUT2D eigenvalue weighted by atomic mass is 9.86. The Balaban J connectivity index is 2.00. The number of hydrogen-bond donors (Lipinski definition) is 1. The highest BCUT2D eigenvalue weighted by molar-refractivity contribution is 5.81. The first-order valence-electron chi connectivity index (χ1n) is 8.93. The standard InChI is InChI=1S/C22H29NO2/c1-6-20(25-19-10-8-7-9-11-19)21(24)23-16(2)17-12-14-18(15-13-17)22(3,4)5/h7-16,20H,6H2,1-5H3,(H,23,24)/t16-,20+/m0/s1. The minimum absolute atomic E-state index is 0.0602. The first-order chi connectivity index (χ1) is 11.8. The van der Waals surface area contributed by atoms with Gasteiger partial charge in [0.05, 0.1) is 6.04 Å². The van der Waals surface area contributed by atoms with Crippen molar-refractivity contribution >= 4 is 5.91 Å². The number of carbonyl (C=O) groups is 1. The van der Waals surface area contributed by atoms with Gasteiger partial charge in [-0.3, -0.25) is 4.79 Å². The minimum Gasteiger partial charge on any atom is -0.481 e. The van der Waals surface area contributed by atoms with Gasteiger partial charge in [-0.15, -0.1) is 0 Å². The lowest BCUT2D eigenvalue weighted by Crippen LogP contribution is -2.39. The van der Waals surface area contributed by atoms with Gasteiger partial charge in [0.25, 0.3) is 5.91 Å². The normalized spacial score (nSPS) is 13.8. The quantitative estimate of drug-likeness (QED) is 0.802. The Hall–Kier alpha value is -2.29. The Morgan fingerprint density at radius 1 is 1.04 bits per heavy atom. The van der Waals surface area contributed by atoms with Crippen LogP contribution in [0.3, 0.4) is 0 Å². The van der Waals surface area contributed by atoms with Gasteiger partial charge >= 0.3 is 0 Å². The molecule has 0 fully saturated rings. The zero-order valence-corrected chi connectivity index (χ0v) is 15.9. The number of carbonyl (C=O) groups excluding carboxylic acids is 1. The van der Waals surface area contributed by atoms with Crippen LogP contribution in [0.4, 0.5) is 0 Å². The molecule has 25 heavy (non-hydrogen) atoms. The Morgan fingerprint density at radius 3 is 2.16 bits per heavy atom. The van der Waals surface area contributed by atoms with Crippen LogP contribution in [0, 0.1) is 0 Å². The Labute approximate surface area is 151 Å². The minimum atomic E-state index is -0.487. The van der Waals surface area contributed by atoms with Gasteiger partial charge in [-0.05, 0) is 42.0 Å². The molecule has 0 bridgehead atoms. The summed E-state index contributed by atoms with van der Waals surface area (Å²) in [6.45, 7) is 10.5. The van der Waals surface area contributed by atoms with Crippen LogP contribution in [-0.2, 0) is 10.2 Å². The van der Waals surface area contributed by atoms with E-state index >= 15 is 0 Å². The molecule has 2 aromatic rings. The lowest BCUT2D eigenvalue weighted by Gasteiger charge is -2.22. The molecule has 0 saturated heterocycles. The molecule has 1 amide bonds. The highest BCUT2D eigenvalue weighted by Crippen LogP contribution is 2.24. The van der Waals surface area contributed by atoms with Crippen molar-refractivity contribution in [2.45, 2.75) is 58.6 Å². The van der Waals surface area contributed by atoms with E-state index in [4.69, 9.17) is 4.74 Å². The third-order valence-corrected chi connectivity index (χ3v) is 4.32. The SMILES string of the molecule is CC[C@@H](Oc1ccccc1)C(=O)N[C@@H](C)c1ccc(C(C)(C)C)cc1. The number of ether oxygens (including phenoxy) is 1. The maximum atomic E-state index is 12.6. The number of amides is 1. The highest BCUT2D eigenvalue weighted by atomic mass is 16.5. The third-order valence-electron chi connectivity index (χ3n) is 4.32. The van der Waals surface area contributed by atoms with E-state index < -0.39 is 6.10 Å². The van der Waals surface area contributed by atoms with E-state index in [1.807, 2.05) is 44.2 Å². The number of hydrogen-bond acceptors (Lipinski definition) is 2. The molecule has 3 heteroatoms. The summed E-state index contributed by atoms with van der Waals surface area (Å²) in [6.07, 6.45) is 0.134. The van der Waals surface area contributed by atoms with Gasteiger partial charge in [0.15, 0.2) is 6.10 Å². The molecule has 0 radical (unpaired) electrons. The predicted octanol–water partition coefficient (Wildman–Crippen LogP) is 5.02. The molecule has 2 aromatic carbocycles. The fourth-order valence-electron chi connectivity index (χ4n) is 2.65. The van der Waals surface area contributed by atoms with Gasteiger partial charge < -0.3 is 10.1 Å². The van der Waals surface area contributed by atoms with Crippen molar-refractivity contribution in [2.75, 3.05) is 0 Å². The molecule has 2 atom stereocenters. The first-order valence-corrected chi connectivity index (χ1v) is 8.93. The van der Waals surface area contributed by atoms with E-state index in [0.29, 0.717) is 12.2 Å². The van der Waals surface area contributed by atoms with Crippen LogP contribution in [-0.4, -0.2) is 12.0 Å². The molecule has 0 spiro atoms. The van der Waals surface area contributed by atoms with Crippen molar-refractivity contribution in [3.8, 4) is 5.75 Å². The molecule has 0 aliphatic rings. The van der Waals surface area contributed by atoms with Crippen LogP contribution in [0.1, 0.15) is 58.2 Å². The fraction of sp³-hybridized carbons (Fsp3) is 0.409. The molecule has 134 valence electrons. The Bertz CT molecular complexity index is 671. The molecule has 2 rings (SSSR count). The molecule has 0 unspecified atom stereocenters. The fourth-order valence-corrected chi connectivity index (χ4v) is 2.65. The van der Waals surface area contributed by atoms with Gasteiger partial charge in [-0.1, -0.05) is 70.2 Å². The average Bonchev–Trinajstić information content (AvgIpc) is 2.59. The summed E-state index contributed by atoms with van der Waals surface area (Å²) < 4.78 is 5.81. The van der Waals surface area contributed by atoms with E-state index in [9.17, 15) is 4.79 Å². The monoisotopic (exact) mass is 339 g/mol.